The van der Waals surface area contributed by atoms with Gasteiger partial charge in [0.25, 0.3) is 0 Å². The average molecular weight is 243 g/mol. The number of carbonyl (C=O) groups excluding carboxylic acids is 1. The minimum absolute atomic E-state index is 0.196. The molecule has 1 rings (SSSR count). The van der Waals surface area contributed by atoms with Gasteiger partial charge in [0.15, 0.2) is 5.78 Å². The van der Waals surface area contributed by atoms with Gasteiger partial charge >= 0.3 is 6.18 Å². The first-order valence-corrected chi connectivity index (χ1v) is 4.52. The van der Waals surface area contributed by atoms with E-state index in [9.17, 15) is 18.0 Å². The van der Waals surface area contributed by atoms with Crippen LogP contribution in [0, 0.1) is 11.3 Å². The van der Waals surface area contributed by atoms with E-state index in [1.807, 2.05) is 0 Å². The second-order valence-corrected chi connectivity index (χ2v) is 3.23. The summed E-state index contributed by atoms with van der Waals surface area (Å²) in [5, 5.41) is 8.64. The molecule has 0 amide bonds. The van der Waals surface area contributed by atoms with Crippen molar-refractivity contribution in [2.24, 2.45) is 0 Å². The first-order valence-electron chi connectivity index (χ1n) is 4.52. The third-order valence-corrected chi connectivity index (χ3v) is 2.15. The highest BCUT2D eigenvalue weighted by Gasteiger charge is 2.38. The summed E-state index contributed by atoms with van der Waals surface area (Å²) < 4.78 is 43.0. The van der Waals surface area contributed by atoms with Crippen LogP contribution in [0.25, 0.3) is 0 Å². The summed E-state index contributed by atoms with van der Waals surface area (Å²) in [6.45, 7) is 1.13. The van der Waals surface area contributed by atoms with Gasteiger partial charge < -0.3 is 4.74 Å². The van der Waals surface area contributed by atoms with Gasteiger partial charge in [-0.1, -0.05) is 0 Å². The molecule has 0 N–H and O–H groups in total. The Bertz CT molecular complexity index is 501. The zero-order chi connectivity index (χ0) is 13.2. The lowest BCUT2D eigenvalue weighted by Gasteiger charge is -2.15. The Hall–Kier alpha value is -2.03. The maximum absolute atomic E-state index is 12.8. The largest absolute Gasteiger partial charge is 0.495 e. The zero-order valence-corrected chi connectivity index (χ0v) is 9.05. The SMILES string of the molecule is COc1c(C(C)=O)ccc(C#N)c1C(F)(F)F. The van der Waals surface area contributed by atoms with Crippen molar-refractivity contribution < 1.29 is 22.7 Å². The lowest BCUT2D eigenvalue weighted by Crippen LogP contribution is -2.13. The van der Waals surface area contributed by atoms with Crippen LogP contribution in [0.3, 0.4) is 0 Å². The van der Waals surface area contributed by atoms with Crippen molar-refractivity contribution in [3.8, 4) is 11.8 Å². The number of nitrogens with zero attached hydrogens (tertiary/aromatic N) is 1. The Morgan fingerprint density at radius 3 is 2.35 bits per heavy atom. The molecule has 0 aliphatic carbocycles. The van der Waals surface area contributed by atoms with E-state index in [1.54, 1.807) is 0 Å². The predicted octanol–water partition coefficient (Wildman–Crippen LogP) is 2.79. The fourth-order valence-electron chi connectivity index (χ4n) is 1.45. The van der Waals surface area contributed by atoms with Crippen LogP contribution in [0.5, 0.6) is 5.75 Å². The molecule has 0 heterocycles. The average Bonchev–Trinajstić information content (AvgIpc) is 2.25. The molecule has 0 saturated carbocycles. The van der Waals surface area contributed by atoms with Gasteiger partial charge in [-0.2, -0.15) is 18.4 Å². The lowest BCUT2D eigenvalue weighted by molar-refractivity contribution is -0.139. The third kappa shape index (κ3) is 2.38. The van der Waals surface area contributed by atoms with Crippen LogP contribution in [0.15, 0.2) is 12.1 Å². The molecule has 0 aliphatic heterocycles. The number of benzene rings is 1. The lowest BCUT2D eigenvalue weighted by atomic mass is 10.0. The molecular weight excluding hydrogens is 235 g/mol. The van der Waals surface area contributed by atoms with Gasteiger partial charge in [-0.25, -0.2) is 0 Å². The van der Waals surface area contributed by atoms with Gasteiger partial charge in [0.1, 0.15) is 11.3 Å². The monoisotopic (exact) mass is 243 g/mol. The van der Waals surface area contributed by atoms with Gasteiger partial charge in [-0.15, -0.1) is 0 Å². The second-order valence-electron chi connectivity index (χ2n) is 3.23. The molecule has 0 radical (unpaired) electrons. The van der Waals surface area contributed by atoms with E-state index in [2.05, 4.69) is 4.74 Å². The third-order valence-electron chi connectivity index (χ3n) is 2.15. The molecule has 0 unspecified atom stereocenters. The minimum Gasteiger partial charge on any atom is -0.495 e. The van der Waals surface area contributed by atoms with E-state index >= 15 is 0 Å². The van der Waals surface area contributed by atoms with Crippen molar-refractivity contribution in [2.75, 3.05) is 7.11 Å². The quantitative estimate of drug-likeness (QED) is 0.750. The van der Waals surface area contributed by atoms with E-state index in [-0.39, 0.29) is 5.56 Å². The van der Waals surface area contributed by atoms with Gasteiger partial charge in [0.2, 0.25) is 0 Å². The summed E-state index contributed by atoms with van der Waals surface area (Å²) in [6.07, 6.45) is -4.75. The van der Waals surface area contributed by atoms with Crippen LogP contribution in [-0.2, 0) is 6.18 Å². The molecule has 1 aromatic carbocycles. The molecule has 0 saturated heterocycles. The normalized spacial score (nSPS) is 10.8. The van der Waals surface area contributed by atoms with Crippen molar-refractivity contribution in [3.63, 3.8) is 0 Å². The molecule has 0 aliphatic rings. The van der Waals surface area contributed by atoms with Crippen LogP contribution >= 0.6 is 0 Å². The number of hydrogen-bond donors (Lipinski definition) is 0. The smallest absolute Gasteiger partial charge is 0.421 e. The standard InChI is InChI=1S/C11H8F3NO2/c1-6(16)8-4-3-7(5-15)9(10(8)17-2)11(12,13)14/h3-4H,1-2H3. The Kier molecular flexibility index (Phi) is 3.42. The highest BCUT2D eigenvalue weighted by molar-refractivity contribution is 5.97. The molecule has 1 aromatic rings. The number of halogens is 3. The first kappa shape index (κ1) is 13.0. The Morgan fingerprint density at radius 2 is 2.00 bits per heavy atom. The van der Waals surface area contributed by atoms with Crippen molar-refractivity contribution in [3.05, 3.63) is 28.8 Å². The number of nitriles is 1. The number of methoxy groups -OCH3 is 1. The first-order chi connectivity index (χ1) is 7.82. The van der Waals surface area contributed by atoms with E-state index in [1.165, 1.54) is 6.07 Å². The molecule has 0 atom stereocenters. The van der Waals surface area contributed by atoms with Gasteiger partial charge in [-0.05, 0) is 19.1 Å². The molecule has 90 valence electrons. The maximum atomic E-state index is 12.8. The fourth-order valence-corrected chi connectivity index (χ4v) is 1.45. The van der Waals surface area contributed by atoms with Crippen LogP contribution in [-0.4, -0.2) is 12.9 Å². The maximum Gasteiger partial charge on any atom is 0.421 e. The number of Topliss-reactive ketones (excluding diaryl/α,β-unsaturated/α-hetero) is 1. The summed E-state index contributed by atoms with van der Waals surface area (Å²) in [6, 6.07) is 3.54. The summed E-state index contributed by atoms with van der Waals surface area (Å²) in [5.41, 5.74) is -1.98. The molecule has 0 fully saturated rings. The molecular formula is C11H8F3NO2. The van der Waals surface area contributed by atoms with Crippen molar-refractivity contribution in [1.82, 2.24) is 0 Å². The van der Waals surface area contributed by atoms with Crippen LogP contribution in [0.1, 0.15) is 28.4 Å². The molecule has 0 aromatic heterocycles. The minimum atomic E-state index is -4.75. The van der Waals surface area contributed by atoms with Crippen LogP contribution in [0.2, 0.25) is 0 Å². The van der Waals surface area contributed by atoms with Crippen LogP contribution in [0.4, 0.5) is 13.2 Å². The van der Waals surface area contributed by atoms with E-state index in [4.69, 9.17) is 5.26 Å². The summed E-state index contributed by atoms with van der Waals surface area (Å²) in [5.74, 6) is -1.17. The number of hydrogen-bond acceptors (Lipinski definition) is 3. The van der Waals surface area contributed by atoms with Gasteiger partial charge in [0.05, 0.1) is 24.3 Å². The van der Waals surface area contributed by atoms with Crippen molar-refractivity contribution in [1.29, 1.82) is 5.26 Å². The van der Waals surface area contributed by atoms with Crippen molar-refractivity contribution >= 4 is 5.78 Å². The molecule has 3 nitrogen and oxygen atoms in total. The summed E-state index contributed by atoms with van der Waals surface area (Å²) in [4.78, 5) is 11.2. The van der Waals surface area contributed by atoms with E-state index < -0.39 is 28.8 Å². The number of ether oxygens (including phenoxy) is 1. The van der Waals surface area contributed by atoms with Crippen LogP contribution < -0.4 is 4.74 Å². The molecule has 6 heteroatoms. The number of alkyl halides is 3. The Morgan fingerprint density at radius 1 is 1.41 bits per heavy atom. The highest BCUT2D eigenvalue weighted by atomic mass is 19.4. The van der Waals surface area contributed by atoms with Crippen molar-refractivity contribution in [2.45, 2.75) is 13.1 Å². The number of rotatable bonds is 2. The van der Waals surface area contributed by atoms with Gasteiger partial charge in [0, 0.05) is 0 Å². The van der Waals surface area contributed by atoms with Gasteiger partial charge in [-0.3, -0.25) is 4.79 Å². The molecule has 17 heavy (non-hydrogen) atoms. The predicted molar refractivity (Wildman–Crippen MR) is 52.7 cm³/mol. The number of carbonyl (C=O) groups is 1. The second kappa shape index (κ2) is 4.45. The Balaban J connectivity index is 3.68. The zero-order valence-electron chi connectivity index (χ0n) is 9.05. The van der Waals surface area contributed by atoms with E-state index in [0.717, 1.165) is 26.2 Å². The summed E-state index contributed by atoms with van der Waals surface area (Å²) >= 11 is 0. The molecule has 0 spiro atoms. The Labute approximate surface area is 95.4 Å². The van der Waals surface area contributed by atoms with E-state index in [0.29, 0.717) is 0 Å². The summed E-state index contributed by atoms with van der Waals surface area (Å²) in [7, 11) is 1.03. The molecule has 0 bridgehead atoms. The fraction of sp³-hybridized carbons (Fsp3) is 0.273. The number of ketones is 1. The highest BCUT2D eigenvalue weighted by Crippen LogP contribution is 2.40. The topological polar surface area (TPSA) is 50.1 Å².